The van der Waals surface area contributed by atoms with Crippen LogP contribution in [0.4, 0.5) is 0 Å². The number of carbonyl (C=O) groups is 2. The number of ether oxygens (including phenoxy) is 3. The SMILES string of the molecule is CCOC(CCCCOC(=O)CCCC(=O)O)OCC. The number of carboxylic acid groups (broad SMARTS) is 1. The van der Waals surface area contributed by atoms with Gasteiger partial charge in [-0.25, -0.2) is 0 Å². The van der Waals surface area contributed by atoms with Gasteiger partial charge >= 0.3 is 11.9 Å². The number of carbonyl (C=O) groups excluding carboxylic acids is 1. The number of hydrogen-bond acceptors (Lipinski definition) is 5. The Bertz CT molecular complexity index is 260. The third-order valence-electron chi connectivity index (χ3n) is 2.57. The molecule has 0 atom stereocenters. The number of rotatable bonds is 13. The van der Waals surface area contributed by atoms with Gasteiger partial charge in [0, 0.05) is 26.1 Å². The predicted octanol–water partition coefficient (Wildman–Crippen LogP) is 2.35. The maximum atomic E-state index is 11.3. The van der Waals surface area contributed by atoms with Gasteiger partial charge in [-0.15, -0.1) is 0 Å². The number of hydrogen-bond donors (Lipinski definition) is 1. The van der Waals surface area contributed by atoms with Crippen molar-refractivity contribution in [1.29, 1.82) is 0 Å². The minimum Gasteiger partial charge on any atom is -0.481 e. The molecule has 0 aromatic rings. The normalized spacial score (nSPS) is 10.8. The second-order valence-electron chi connectivity index (χ2n) is 4.30. The van der Waals surface area contributed by atoms with Crippen molar-refractivity contribution in [2.45, 2.75) is 58.7 Å². The maximum Gasteiger partial charge on any atom is 0.305 e. The van der Waals surface area contributed by atoms with Gasteiger partial charge in [0.05, 0.1) is 6.61 Å². The Balaban J connectivity index is 3.49. The van der Waals surface area contributed by atoms with Crippen LogP contribution >= 0.6 is 0 Å². The van der Waals surface area contributed by atoms with E-state index in [0.717, 1.165) is 19.3 Å². The third-order valence-corrected chi connectivity index (χ3v) is 2.57. The lowest BCUT2D eigenvalue weighted by atomic mass is 10.2. The summed E-state index contributed by atoms with van der Waals surface area (Å²) in [5.74, 6) is -1.23. The van der Waals surface area contributed by atoms with Crippen LogP contribution < -0.4 is 0 Å². The van der Waals surface area contributed by atoms with Crippen molar-refractivity contribution in [3.8, 4) is 0 Å². The Morgan fingerprint density at radius 2 is 1.65 bits per heavy atom. The summed E-state index contributed by atoms with van der Waals surface area (Å²) in [6.07, 6.45) is 2.68. The molecule has 20 heavy (non-hydrogen) atoms. The molecule has 0 saturated heterocycles. The fraction of sp³-hybridized carbons (Fsp3) is 0.857. The Kier molecular flexibility index (Phi) is 12.1. The number of carboxylic acids is 1. The summed E-state index contributed by atoms with van der Waals surface area (Å²) in [5.41, 5.74) is 0. The van der Waals surface area contributed by atoms with E-state index >= 15 is 0 Å². The Morgan fingerprint density at radius 3 is 2.20 bits per heavy atom. The molecule has 0 unspecified atom stereocenters. The molecule has 0 aliphatic rings. The first kappa shape index (κ1) is 18.9. The lowest BCUT2D eigenvalue weighted by Crippen LogP contribution is -2.17. The van der Waals surface area contributed by atoms with Gasteiger partial charge < -0.3 is 19.3 Å². The van der Waals surface area contributed by atoms with Gasteiger partial charge in [-0.2, -0.15) is 0 Å². The van der Waals surface area contributed by atoms with Crippen molar-refractivity contribution < 1.29 is 28.9 Å². The largest absolute Gasteiger partial charge is 0.481 e. The van der Waals surface area contributed by atoms with Crippen LogP contribution in [0.25, 0.3) is 0 Å². The van der Waals surface area contributed by atoms with Gasteiger partial charge in [-0.1, -0.05) is 0 Å². The minimum absolute atomic E-state index is 0.000503. The van der Waals surface area contributed by atoms with Crippen LogP contribution in [0.5, 0.6) is 0 Å². The third kappa shape index (κ3) is 11.9. The van der Waals surface area contributed by atoms with Crippen LogP contribution in [0.15, 0.2) is 0 Å². The van der Waals surface area contributed by atoms with Crippen LogP contribution in [0.3, 0.4) is 0 Å². The zero-order chi connectivity index (χ0) is 15.2. The molecule has 0 saturated carbocycles. The van der Waals surface area contributed by atoms with E-state index in [1.54, 1.807) is 0 Å². The summed E-state index contributed by atoms with van der Waals surface area (Å²) in [6.45, 7) is 5.43. The van der Waals surface area contributed by atoms with Crippen LogP contribution in [0.2, 0.25) is 0 Å². The van der Waals surface area contributed by atoms with E-state index in [-0.39, 0.29) is 25.1 Å². The molecule has 118 valence electrons. The molecule has 0 aromatic heterocycles. The number of unbranched alkanes of at least 4 members (excludes halogenated alkanes) is 1. The van der Waals surface area contributed by atoms with Gasteiger partial charge in [0.25, 0.3) is 0 Å². The van der Waals surface area contributed by atoms with E-state index in [4.69, 9.17) is 19.3 Å². The summed E-state index contributed by atoms with van der Waals surface area (Å²) in [4.78, 5) is 21.5. The van der Waals surface area contributed by atoms with E-state index in [1.165, 1.54) is 0 Å². The molecule has 0 amide bonds. The van der Waals surface area contributed by atoms with Crippen LogP contribution in [-0.4, -0.2) is 43.2 Å². The highest BCUT2D eigenvalue weighted by molar-refractivity contribution is 5.71. The van der Waals surface area contributed by atoms with Crippen LogP contribution in [-0.2, 0) is 23.8 Å². The second-order valence-corrected chi connectivity index (χ2v) is 4.30. The fourth-order valence-electron chi connectivity index (χ4n) is 1.64. The highest BCUT2D eigenvalue weighted by Gasteiger charge is 2.08. The Morgan fingerprint density at radius 1 is 1.00 bits per heavy atom. The van der Waals surface area contributed by atoms with Crippen LogP contribution in [0.1, 0.15) is 52.4 Å². The van der Waals surface area contributed by atoms with Crippen molar-refractivity contribution >= 4 is 11.9 Å². The molecule has 0 heterocycles. The standard InChI is InChI=1S/C14H26O6/c1-3-18-14(19-4-2)10-5-6-11-20-13(17)9-7-8-12(15)16/h14H,3-11H2,1-2H3,(H,15,16). The van der Waals surface area contributed by atoms with Gasteiger partial charge in [0.1, 0.15) is 0 Å². The van der Waals surface area contributed by atoms with Gasteiger partial charge in [-0.3, -0.25) is 9.59 Å². The van der Waals surface area contributed by atoms with Crippen LogP contribution in [0, 0.1) is 0 Å². The first-order chi connectivity index (χ1) is 9.60. The Hall–Kier alpha value is -1.14. The molecule has 0 aliphatic heterocycles. The van der Waals surface area contributed by atoms with E-state index in [0.29, 0.717) is 26.2 Å². The van der Waals surface area contributed by atoms with E-state index in [9.17, 15) is 9.59 Å². The number of aliphatic carboxylic acids is 1. The minimum atomic E-state index is -0.893. The Labute approximate surface area is 120 Å². The average molecular weight is 290 g/mol. The molecule has 6 nitrogen and oxygen atoms in total. The highest BCUT2D eigenvalue weighted by atomic mass is 16.7. The first-order valence-corrected chi connectivity index (χ1v) is 7.20. The molecule has 6 heteroatoms. The average Bonchev–Trinajstić information content (AvgIpc) is 2.38. The van der Waals surface area contributed by atoms with Crippen molar-refractivity contribution in [2.24, 2.45) is 0 Å². The van der Waals surface area contributed by atoms with E-state index in [1.807, 2.05) is 13.8 Å². The molecule has 0 aromatic carbocycles. The molecule has 0 spiro atoms. The van der Waals surface area contributed by atoms with Crippen molar-refractivity contribution in [3.05, 3.63) is 0 Å². The van der Waals surface area contributed by atoms with Gasteiger partial charge in [0.2, 0.25) is 0 Å². The molecule has 0 rings (SSSR count). The molecular formula is C14H26O6. The molecule has 0 radical (unpaired) electrons. The monoisotopic (exact) mass is 290 g/mol. The van der Waals surface area contributed by atoms with Crippen molar-refractivity contribution in [2.75, 3.05) is 19.8 Å². The smallest absolute Gasteiger partial charge is 0.305 e. The maximum absolute atomic E-state index is 11.3. The molecule has 0 fully saturated rings. The molecule has 0 aliphatic carbocycles. The van der Waals surface area contributed by atoms with Crippen molar-refractivity contribution in [3.63, 3.8) is 0 Å². The quantitative estimate of drug-likeness (QED) is 0.318. The fourth-order valence-corrected chi connectivity index (χ4v) is 1.64. The predicted molar refractivity (Wildman–Crippen MR) is 73.3 cm³/mol. The molecular weight excluding hydrogens is 264 g/mol. The summed E-state index contributed by atoms with van der Waals surface area (Å²) >= 11 is 0. The van der Waals surface area contributed by atoms with Crippen molar-refractivity contribution in [1.82, 2.24) is 0 Å². The zero-order valence-electron chi connectivity index (χ0n) is 12.4. The summed E-state index contributed by atoms with van der Waals surface area (Å²) in [7, 11) is 0. The summed E-state index contributed by atoms with van der Waals surface area (Å²) < 4.78 is 15.8. The van der Waals surface area contributed by atoms with Gasteiger partial charge in [0.15, 0.2) is 6.29 Å². The second kappa shape index (κ2) is 12.9. The molecule has 1 N–H and O–H groups in total. The topological polar surface area (TPSA) is 82.1 Å². The zero-order valence-corrected chi connectivity index (χ0v) is 12.4. The number of esters is 1. The summed E-state index contributed by atoms with van der Waals surface area (Å²) in [6, 6.07) is 0. The summed E-state index contributed by atoms with van der Waals surface area (Å²) in [5, 5.41) is 8.44. The van der Waals surface area contributed by atoms with Gasteiger partial charge in [-0.05, 0) is 39.5 Å². The first-order valence-electron chi connectivity index (χ1n) is 7.20. The molecule has 0 bridgehead atoms. The van der Waals surface area contributed by atoms with E-state index < -0.39 is 5.97 Å². The lowest BCUT2D eigenvalue weighted by molar-refractivity contribution is -0.145. The van der Waals surface area contributed by atoms with E-state index in [2.05, 4.69) is 0 Å². The highest BCUT2D eigenvalue weighted by Crippen LogP contribution is 2.07. The lowest BCUT2D eigenvalue weighted by Gasteiger charge is -2.16.